The SMILES string of the molecule is CC(C)=CC(=O)c1ccc(C(F)(F)F)c(Cl)c1. The number of alkyl halides is 3. The monoisotopic (exact) mass is 262 g/mol. The summed E-state index contributed by atoms with van der Waals surface area (Å²) in [6.07, 6.45) is -3.16. The summed E-state index contributed by atoms with van der Waals surface area (Å²) in [6.45, 7) is 3.45. The topological polar surface area (TPSA) is 17.1 Å². The third-order valence-electron chi connectivity index (χ3n) is 1.98. The Hall–Kier alpha value is -1.29. The Kier molecular flexibility index (Phi) is 3.98. The first-order chi connectivity index (χ1) is 7.71. The van der Waals surface area contributed by atoms with Crippen molar-refractivity contribution in [2.75, 3.05) is 0 Å². The van der Waals surface area contributed by atoms with Gasteiger partial charge in [-0.1, -0.05) is 23.2 Å². The molecule has 0 radical (unpaired) electrons. The van der Waals surface area contributed by atoms with Crippen molar-refractivity contribution in [3.63, 3.8) is 0 Å². The molecule has 92 valence electrons. The van der Waals surface area contributed by atoms with Crippen LogP contribution in [-0.4, -0.2) is 5.78 Å². The number of allylic oxidation sites excluding steroid dienone is 2. The van der Waals surface area contributed by atoms with Crippen LogP contribution in [0.5, 0.6) is 0 Å². The molecule has 0 atom stereocenters. The molecule has 0 unspecified atom stereocenters. The Morgan fingerprint density at radius 2 is 1.88 bits per heavy atom. The second-order valence-corrected chi connectivity index (χ2v) is 4.19. The number of ketones is 1. The minimum atomic E-state index is -4.50. The molecule has 0 saturated carbocycles. The van der Waals surface area contributed by atoms with Gasteiger partial charge in [0.15, 0.2) is 5.78 Å². The Balaban J connectivity index is 3.14. The van der Waals surface area contributed by atoms with E-state index in [0.29, 0.717) is 0 Å². The van der Waals surface area contributed by atoms with E-state index in [-0.39, 0.29) is 11.3 Å². The van der Waals surface area contributed by atoms with Crippen LogP contribution in [-0.2, 0) is 6.18 Å². The van der Waals surface area contributed by atoms with Gasteiger partial charge in [0, 0.05) is 5.56 Å². The van der Waals surface area contributed by atoms with E-state index in [1.807, 2.05) is 0 Å². The van der Waals surface area contributed by atoms with Gasteiger partial charge in [0.05, 0.1) is 10.6 Å². The lowest BCUT2D eigenvalue weighted by Crippen LogP contribution is -2.07. The molecule has 5 heteroatoms. The standard InChI is InChI=1S/C12H10ClF3O/c1-7(2)5-11(17)8-3-4-9(10(13)6-8)12(14,15)16/h3-6H,1-2H3. The van der Waals surface area contributed by atoms with Crippen molar-refractivity contribution in [3.8, 4) is 0 Å². The molecule has 0 aliphatic carbocycles. The number of halogens is 4. The Bertz CT molecular complexity index is 471. The molecule has 0 aliphatic heterocycles. The van der Waals surface area contributed by atoms with E-state index in [9.17, 15) is 18.0 Å². The predicted octanol–water partition coefficient (Wildman–Crippen LogP) is 4.51. The minimum Gasteiger partial charge on any atom is -0.289 e. The highest BCUT2D eigenvalue weighted by Crippen LogP contribution is 2.35. The van der Waals surface area contributed by atoms with E-state index < -0.39 is 16.8 Å². The van der Waals surface area contributed by atoms with Crippen LogP contribution in [0.1, 0.15) is 29.8 Å². The van der Waals surface area contributed by atoms with Gasteiger partial charge in [-0.25, -0.2) is 0 Å². The van der Waals surface area contributed by atoms with Crippen molar-refractivity contribution in [1.82, 2.24) is 0 Å². The minimum absolute atomic E-state index is 0.143. The third kappa shape index (κ3) is 3.60. The molecule has 0 spiro atoms. The van der Waals surface area contributed by atoms with Crippen molar-refractivity contribution in [2.24, 2.45) is 0 Å². The Labute approximate surface area is 102 Å². The lowest BCUT2D eigenvalue weighted by molar-refractivity contribution is -0.137. The van der Waals surface area contributed by atoms with E-state index in [4.69, 9.17) is 11.6 Å². The molecule has 0 saturated heterocycles. The molecule has 0 bridgehead atoms. The van der Waals surface area contributed by atoms with Gasteiger partial charge in [0.25, 0.3) is 0 Å². The lowest BCUT2D eigenvalue weighted by atomic mass is 10.1. The van der Waals surface area contributed by atoms with Gasteiger partial charge in [0.1, 0.15) is 0 Å². The molecule has 0 amide bonds. The molecule has 17 heavy (non-hydrogen) atoms. The summed E-state index contributed by atoms with van der Waals surface area (Å²) >= 11 is 5.50. The summed E-state index contributed by atoms with van der Waals surface area (Å²) in [4.78, 5) is 11.6. The summed E-state index contributed by atoms with van der Waals surface area (Å²) in [5, 5.41) is -0.467. The number of benzene rings is 1. The van der Waals surface area contributed by atoms with Gasteiger partial charge in [-0.15, -0.1) is 0 Å². The molecule has 1 aromatic rings. The van der Waals surface area contributed by atoms with Crippen molar-refractivity contribution in [2.45, 2.75) is 20.0 Å². The van der Waals surface area contributed by atoms with E-state index in [0.717, 1.165) is 23.8 Å². The predicted molar refractivity (Wildman–Crippen MR) is 60.2 cm³/mol. The van der Waals surface area contributed by atoms with Crippen LogP contribution in [0, 0.1) is 0 Å². The van der Waals surface area contributed by atoms with E-state index in [2.05, 4.69) is 0 Å². The van der Waals surface area contributed by atoms with Gasteiger partial charge >= 0.3 is 6.18 Å². The Morgan fingerprint density at radius 1 is 1.29 bits per heavy atom. The maximum absolute atomic E-state index is 12.4. The first-order valence-electron chi connectivity index (χ1n) is 4.78. The molecular formula is C12H10ClF3O. The summed E-state index contributed by atoms with van der Waals surface area (Å²) in [5.74, 6) is -0.361. The highest BCUT2D eigenvalue weighted by molar-refractivity contribution is 6.32. The first kappa shape index (κ1) is 13.8. The molecule has 0 fully saturated rings. The largest absolute Gasteiger partial charge is 0.417 e. The van der Waals surface area contributed by atoms with Gasteiger partial charge < -0.3 is 0 Å². The zero-order chi connectivity index (χ0) is 13.2. The first-order valence-corrected chi connectivity index (χ1v) is 5.15. The molecule has 1 aromatic carbocycles. The number of hydrogen-bond donors (Lipinski definition) is 0. The fourth-order valence-corrected chi connectivity index (χ4v) is 1.53. The Morgan fingerprint density at radius 3 is 2.29 bits per heavy atom. The molecule has 0 aromatic heterocycles. The molecule has 0 N–H and O–H groups in total. The third-order valence-corrected chi connectivity index (χ3v) is 2.29. The molecule has 1 nitrogen and oxygen atoms in total. The second kappa shape index (κ2) is 4.92. The number of carbonyl (C=O) groups excluding carboxylic acids is 1. The summed E-state index contributed by atoms with van der Waals surface area (Å²) < 4.78 is 37.2. The zero-order valence-corrected chi connectivity index (χ0v) is 9.99. The lowest BCUT2D eigenvalue weighted by Gasteiger charge is -2.09. The fourth-order valence-electron chi connectivity index (χ4n) is 1.24. The summed E-state index contributed by atoms with van der Waals surface area (Å²) in [7, 11) is 0. The number of hydrogen-bond acceptors (Lipinski definition) is 1. The van der Waals surface area contributed by atoms with Gasteiger partial charge in [-0.2, -0.15) is 13.2 Å². The average molecular weight is 263 g/mol. The van der Waals surface area contributed by atoms with Crippen LogP contribution < -0.4 is 0 Å². The summed E-state index contributed by atoms with van der Waals surface area (Å²) in [5.41, 5.74) is -0.0249. The molecule has 0 aliphatic rings. The van der Waals surface area contributed by atoms with Gasteiger partial charge in [-0.3, -0.25) is 4.79 Å². The maximum atomic E-state index is 12.4. The summed E-state index contributed by atoms with van der Waals surface area (Å²) in [6, 6.07) is 2.97. The van der Waals surface area contributed by atoms with Gasteiger partial charge in [0.2, 0.25) is 0 Å². The van der Waals surface area contributed by atoms with Crippen LogP contribution in [0.15, 0.2) is 29.8 Å². The van der Waals surface area contributed by atoms with E-state index in [1.54, 1.807) is 13.8 Å². The zero-order valence-electron chi connectivity index (χ0n) is 9.23. The van der Waals surface area contributed by atoms with E-state index in [1.165, 1.54) is 6.08 Å². The molecular weight excluding hydrogens is 253 g/mol. The fraction of sp³-hybridized carbons (Fsp3) is 0.250. The van der Waals surface area contributed by atoms with Crippen molar-refractivity contribution < 1.29 is 18.0 Å². The van der Waals surface area contributed by atoms with E-state index >= 15 is 0 Å². The number of rotatable bonds is 2. The van der Waals surface area contributed by atoms with Gasteiger partial charge in [-0.05, 0) is 32.1 Å². The molecule has 0 heterocycles. The quantitative estimate of drug-likeness (QED) is 0.566. The van der Waals surface area contributed by atoms with Crippen molar-refractivity contribution >= 4 is 17.4 Å². The van der Waals surface area contributed by atoms with Crippen LogP contribution in [0.25, 0.3) is 0 Å². The van der Waals surface area contributed by atoms with Crippen LogP contribution in [0.4, 0.5) is 13.2 Å². The van der Waals surface area contributed by atoms with Crippen molar-refractivity contribution in [1.29, 1.82) is 0 Å². The average Bonchev–Trinajstić information content (AvgIpc) is 2.14. The maximum Gasteiger partial charge on any atom is 0.417 e. The highest BCUT2D eigenvalue weighted by atomic mass is 35.5. The van der Waals surface area contributed by atoms with Crippen LogP contribution in [0.3, 0.4) is 0 Å². The highest BCUT2D eigenvalue weighted by Gasteiger charge is 2.33. The van der Waals surface area contributed by atoms with Crippen molar-refractivity contribution in [3.05, 3.63) is 46.0 Å². The molecule has 1 rings (SSSR count). The van der Waals surface area contributed by atoms with Crippen LogP contribution >= 0.6 is 11.6 Å². The number of carbonyl (C=O) groups is 1. The normalized spacial score (nSPS) is 11.2. The second-order valence-electron chi connectivity index (χ2n) is 3.78. The van der Waals surface area contributed by atoms with Crippen LogP contribution in [0.2, 0.25) is 5.02 Å². The smallest absolute Gasteiger partial charge is 0.289 e.